The van der Waals surface area contributed by atoms with Crippen LogP contribution in [-0.2, 0) is 21.2 Å². The maximum absolute atomic E-state index is 12.7. The zero-order chi connectivity index (χ0) is 21.0. The first-order chi connectivity index (χ1) is 13.8. The van der Waals surface area contributed by atoms with Crippen LogP contribution in [0.4, 0.5) is 11.4 Å². The molecule has 7 heteroatoms. The number of aryl methyl sites for hydroxylation is 1. The summed E-state index contributed by atoms with van der Waals surface area (Å²) in [7, 11) is -2.13. The molecule has 1 N–H and O–H groups in total. The number of benzene rings is 3. The fraction of sp³-hybridized carbons (Fsp3) is 0.136. The minimum atomic E-state index is -3.63. The molecule has 0 aliphatic carbocycles. The third kappa shape index (κ3) is 4.96. The molecule has 0 atom stereocenters. The molecule has 0 bridgehead atoms. The fourth-order valence-corrected chi connectivity index (χ4v) is 4.17. The fourth-order valence-electron chi connectivity index (χ4n) is 2.77. The first-order valence-electron chi connectivity index (χ1n) is 8.96. The van der Waals surface area contributed by atoms with Gasteiger partial charge in [0.05, 0.1) is 17.0 Å². The number of rotatable bonds is 6. The van der Waals surface area contributed by atoms with Gasteiger partial charge in [-0.2, -0.15) is 0 Å². The van der Waals surface area contributed by atoms with Gasteiger partial charge in [-0.05, 0) is 54.4 Å². The Morgan fingerprint density at radius 2 is 1.66 bits per heavy atom. The summed E-state index contributed by atoms with van der Waals surface area (Å²) in [5.74, 6) is -0.178. The van der Waals surface area contributed by atoms with Gasteiger partial charge in [0.25, 0.3) is 10.0 Å². The van der Waals surface area contributed by atoms with Crippen molar-refractivity contribution in [3.8, 4) is 0 Å². The molecule has 0 aliphatic heterocycles. The lowest BCUT2D eigenvalue weighted by Crippen LogP contribution is -2.26. The van der Waals surface area contributed by atoms with Crippen LogP contribution < -0.4 is 9.62 Å². The van der Waals surface area contributed by atoms with Gasteiger partial charge in [0.2, 0.25) is 5.91 Å². The Morgan fingerprint density at radius 1 is 1.00 bits per heavy atom. The molecular weight excluding hydrogens is 408 g/mol. The second-order valence-corrected chi connectivity index (χ2v) is 9.02. The zero-order valence-corrected chi connectivity index (χ0v) is 17.7. The highest BCUT2D eigenvalue weighted by Crippen LogP contribution is 2.23. The standard InChI is InChI=1S/C22H21ClN2O3S/c1-16-8-11-18(15-21(16)23)24-22(26)14-17-9-12-19(13-10-17)25(2)29(27,28)20-6-4-3-5-7-20/h3-13,15H,14H2,1-2H3,(H,24,26). The van der Waals surface area contributed by atoms with Crippen LogP contribution in [0.2, 0.25) is 5.02 Å². The molecule has 0 saturated heterocycles. The van der Waals surface area contributed by atoms with Gasteiger partial charge in [0.15, 0.2) is 0 Å². The maximum Gasteiger partial charge on any atom is 0.264 e. The highest BCUT2D eigenvalue weighted by molar-refractivity contribution is 7.92. The number of sulfonamides is 1. The Morgan fingerprint density at radius 3 is 2.28 bits per heavy atom. The van der Waals surface area contributed by atoms with Crippen LogP contribution in [0.3, 0.4) is 0 Å². The molecule has 1 amide bonds. The van der Waals surface area contributed by atoms with E-state index in [9.17, 15) is 13.2 Å². The number of halogens is 1. The van der Waals surface area contributed by atoms with Crippen molar-refractivity contribution in [1.82, 2.24) is 0 Å². The lowest BCUT2D eigenvalue weighted by molar-refractivity contribution is -0.115. The summed E-state index contributed by atoms with van der Waals surface area (Å²) >= 11 is 6.08. The second kappa shape index (κ2) is 8.68. The average molecular weight is 429 g/mol. The van der Waals surface area contributed by atoms with E-state index in [4.69, 9.17) is 11.6 Å². The van der Waals surface area contributed by atoms with Crippen molar-refractivity contribution in [1.29, 1.82) is 0 Å². The van der Waals surface area contributed by atoms with Crippen molar-refractivity contribution in [2.75, 3.05) is 16.7 Å². The van der Waals surface area contributed by atoms with Gasteiger partial charge in [-0.15, -0.1) is 0 Å². The molecule has 3 rings (SSSR count). The summed E-state index contributed by atoms with van der Waals surface area (Å²) < 4.78 is 26.6. The molecular formula is C22H21ClN2O3S. The van der Waals surface area contributed by atoms with Gasteiger partial charge in [-0.3, -0.25) is 9.10 Å². The van der Waals surface area contributed by atoms with Crippen LogP contribution in [0.15, 0.2) is 77.7 Å². The summed E-state index contributed by atoms with van der Waals surface area (Å²) in [4.78, 5) is 12.5. The summed E-state index contributed by atoms with van der Waals surface area (Å²) in [6, 6.07) is 20.5. The Kier molecular flexibility index (Phi) is 6.25. The summed E-state index contributed by atoms with van der Waals surface area (Å²) in [6.07, 6.45) is 0.168. The van der Waals surface area contributed by atoms with Crippen LogP contribution in [0.1, 0.15) is 11.1 Å². The van der Waals surface area contributed by atoms with Gasteiger partial charge in [0.1, 0.15) is 0 Å². The summed E-state index contributed by atoms with van der Waals surface area (Å²) in [5.41, 5.74) is 2.86. The Balaban J connectivity index is 1.68. The number of hydrogen-bond donors (Lipinski definition) is 1. The van der Waals surface area contributed by atoms with Gasteiger partial charge < -0.3 is 5.32 Å². The molecule has 0 aliphatic rings. The molecule has 0 fully saturated rings. The van der Waals surface area contributed by atoms with Crippen LogP contribution in [0.25, 0.3) is 0 Å². The van der Waals surface area contributed by atoms with Crippen molar-refractivity contribution in [3.05, 3.63) is 88.9 Å². The molecule has 150 valence electrons. The van der Waals surface area contributed by atoms with E-state index in [0.717, 1.165) is 11.1 Å². The molecule has 3 aromatic rings. The quantitative estimate of drug-likeness (QED) is 0.621. The SMILES string of the molecule is Cc1ccc(NC(=O)Cc2ccc(N(C)S(=O)(=O)c3ccccc3)cc2)cc1Cl. The van der Waals surface area contributed by atoms with Gasteiger partial charge in [-0.1, -0.05) is 48.0 Å². The normalized spacial score (nSPS) is 11.1. The van der Waals surface area contributed by atoms with Crippen LogP contribution in [-0.4, -0.2) is 21.4 Å². The lowest BCUT2D eigenvalue weighted by atomic mass is 10.1. The number of carbonyl (C=O) groups excluding carboxylic acids is 1. The number of carbonyl (C=O) groups is 1. The molecule has 29 heavy (non-hydrogen) atoms. The topological polar surface area (TPSA) is 66.5 Å². The Labute approximate surface area is 176 Å². The molecule has 0 heterocycles. The smallest absolute Gasteiger partial charge is 0.264 e. The lowest BCUT2D eigenvalue weighted by Gasteiger charge is -2.19. The van der Waals surface area contributed by atoms with E-state index in [-0.39, 0.29) is 17.2 Å². The average Bonchev–Trinajstić information content (AvgIpc) is 2.71. The highest BCUT2D eigenvalue weighted by atomic mass is 35.5. The van der Waals surface area contributed by atoms with Crippen molar-refractivity contribution < 1.29 is 13.2 Å². The number of amides is 1. The predicted molar refractivity (Wildman–Crippen MR) is 117 cm³/mol. The second-order valence-electron chi connectivity index (χ2n) is 6.64. The summed E-state index contributed by atoms with van der Waals surface area (Å²) in [6.45, 7) is 1.89. The first kappa shape index (κ1) is 20.9. The monoisotopic (exact) mass is 428 g/mol. The molecule has 0 spiro atoms. The zero-order valence-electron chi connectivity index (χ0n) is 16.1. The molecule has 0 aromatic heterocycles. The van der Waals surface area contributed by atoms with Crippen molar-refractivity contribution >= 4 is 38.9 Å². The van der Waals surface area contributed by atoms with E-state index >= 15 is 0 Å². The number of nitrogens with zero attached hydrogens (tertiary/aromatic N) is 1. The van der Waals surface area contributed by atoms with Crippen LogP contribution >= 0.6 is 11.6 Å². The van der Waals surface area contributed by atoms with Crippen LogP contribution in [0.5, 0.6) is 0 Å². The third-order valence-electron chi connectivity index (χ3n) is 4.52. The van der Waals surface area contributed by atoms with Crippen molar-refractivity contribution in [2.45, 2.75) is 18.2 Å². The first-order valence-corrected chi connectivity index (χ1v) is 10.8. The Hall–Kier alpha value is -2.83. The van der Waals surface area contributed by atoms with Gasteiger partial charge in [-0.25, -0.2) is 8.42 Å². The summed E-state index contributed by atoms with van der Waals surface area (Å²) in [5, 5.41) is 3.40. The molecule has 0 radical (unpaired) electrons. The van der Waals surface area contributed by atoms with E-state index in [1.54, 1.807) is 66.7 Å². The number of anilines is 2. The van der Waals surface area contributed by atoms with E-state index in [0.29, 0.717) is 16.4 Å². The Bertz CT molecular complexity index is 1110. The number of hydrogen-bond acceptors (Lipinski definition) is 3. The molecule has 0 unspecified atom stereocenters. The van der Waals surface area contributed by atoms with E-state index in [2.05, 4.69) is 5.32 Å². The van der Waals surface area contributed by atoms with E-state index in [1.807, 2.05) is 13.0 Å². The molecule has 3 aromatic carbocycles. The highest BCUT2D eigenvalue weighted by Gasteiger charge is 2.20. The minimum Gasteiger partial charge on any atom is -0.326 e. The van der Waals surface area contributed by atoms with Gasteiger partial charge in [0, 0.05) is 17.8 Å². The molecule has 5 nitrogen and oxygen atoms in total. The van der Waals surface area contributed by atoms with Gasteiger partial charge >= 0.3 is 0 Å². The maximum atomic E-state index is 12.7. The van der Waals surface area contributed by atoms with Crippen molar-refractivity contribution in [3.63, 3.8) is 0 Å². The largest absolute Gasteiger partial charge is 0.326 e. The van der Waals surface area contributed by atoms with Crippen molar-refractivity contribution in [2.24, 2.45) is 0 Å². The number of nitrogens with one attached hydrogen (secondary N) is 1. The predicted octanol–water partition coefficient (Wildman–Crippen LogP) is 4.65. The minimum absolute atomic E-state index is 0.168. The van der Waals surface area contributed by atoms with Crippen LogP contribution in [0, 0.1) is 6.92 Å². The van der Waals surface area contributed by atoms with E-state index < -0.39 is 10.0 Å². The molecule has 0 saturated carbocycles. The van der Waals surface area contributed by atoms with E-state index in [1.165, 1.54) is 11.4 Å². The third-order valence-corrected chi connectivity index (χ3v) is 6.73.